The van der Waals surface area contributed by atoms with Crippen molar-refractivity contribution in [1.29, 1.82) is 0 Å². The SMILES string of the molecule is C[C@H](Cn1nnc2ccccc21)NC(=O)c1cnccn1. The fourth-order valence-corrected chi connectivity index (χ4v) is 2.07. The minimum Gasteiger partial charge on any atom is -0.346 e. The van der Waals surface area contributed by atoms with Gasteiger partial charge in [-0.2, -0.15) is 0 Å². The fraction of sp³-hybridized carbons (Fsp3) is 0.214. The monoisotopic (exact) mass is 282 g/mol. The third kappa shape index (κ3) is 2.86. The predicted molar refractivity (Wildman–Crippen MR) is 76.5 cm³/mol. The van der Waals surface area contributed by atoms with Crippen LogP contribution in [0.3, 0.4) is 0 Å². The standard InChI is InChI=1S/C14H14N6O/c1-10(17-14(21)12-8-15-6-7-16-12)9-20-13-5-3-2-4-11(13)18-19-20/h2-8,10H,9H2,1H3,(H,17,21)/t10-/m1/s1. The molecule has 1 atom stereocenters. The van der Waals surface area contributed by atoms with Gasteiger partial charge in [0.2, 0.25) is 0 Å². The van der Waals surface area contributed by atoms with E-state index in [4.69, 9.17) is 0 Å². The van der Waals surface area contributed by atoms with Crippen molar-refractivity contribution >= 4 is 16.9 Å². The number of nitrogens with zero attached hydrogens (tertiary/aromatic N) is 5. The number of hydrogen-bond donors (Lipinski definition) is 1. The molecule has 0 fully saturated rings. The molecule has 0 aliphatic carbocycles. The molecule has 2 aromatic heterocycles. The largest absolute Gasteiger partial charge is 0.346 e. The topological polar surface area (TPSA) is 85.6 Å². The number of benzene rings is 1. The second kappa shape index (κ2) is 5.66. The molecule has 0 saturated heterocycles. The lowest BCUT2D eigenvalue weighted by Crippen LogP contribution is -2.36. The molecular formula is C14H14N6O. The molecule has 3 rings (SSSR count). The summed E-state index contributed by atoms with van der Waals surface area (Å²) in [5.41, 5.74) is 2.08. The maximum atomic E-state index is 12.0. The van der Waals surface area contributed by atoms with E-state index >= 15 is 0 Å². The van der Waals surface area contributed by atoms with Gasteiger partial charge < -0.3 is 5.32 Å². The molecule has 0 saturated carbocycles. The maximum Gasteiger partial charge on any atom is 0.271 e. The zero-order valence-electron chi connectivity index (χ0n) is 11.5. The lowest BCUT2D eigenvalue weighted by molar-refractivity contribution is 0.0930. The van der Waals surface area contributed by atoms with Crippen LogP contribution in [0.5, 0.6) is 0 Å². The third-order valence-corrected chi connectivity index (χ3v) is 3.04. The molecule has 7 nitrogen and oxygen atoms in total. The Balaban J connectivity index is 1.69. The molecule has 7 heteroatoms. The first-order chi connectivity index (χ1) is 10.2. The van der Waals surface area contributed by atoms with Crippen molar-refractivity contribution in [3.63, 3.8) is 0 Å². The second-order valence-corrected chi connectivity index (χ2v) is 4.73. The van der Waals surface area contributed by atoms with Gasteiger partial charge in [-0.25, -0.2) is 9.67 Å². The molecule has 3 aromatic rings. The molecule has 106 valence electrons. The number of rotatable bonds is 4. The van der Waals surface area contributed by atoms with Crippen LogP contribution in [0.2, 0.25) is 0 Å². The van der Waals surface area contributed by atoms with Crippen molar-refractivity contribution in [2.75, 3.05) is 0 Å². The number of aromatic nitrogens is 5. The quantitative estimate of drug-likeness (QED) is 0.772. The number of fused-ring (bicyclic) bond motifs is 1. The average Bonchev–Trinajstić information content (AvgIpc) is 2.91. The smallest absolute Gasteiger partial charge is 0.271 e. The Labute approximate surface area is 121 Å². The predicted octanol–water partition coefficient (Wildman–Crippen LogP) is 1.04. The second-order valence-electron chi connectivity index (χ2n) is 4.73. The first-order valence-corrected chi connectivity index (χ1v) is 6.59. The summed E-state index contributed by atoms with van der Waals surface area (Å²) in [6, 6.07) is 7.60. The van der Waals surface area contributed by atoms with Crippen LogP contribution in [0, 0.1) is 0 Å². The summed E-state index contributed by atoms with van der Waals surface area (Å²) in [4.78, 5) is 19.8. The van der Waals surface area contributed by atoms with Crippen molar-refractivity contribution < 1.29 is 4.79 Å². The van der Waals surface area contributed by atoms with Crippen LogP contribution in [-0.2, 0) is 6.54 Å². The van der Waals surface area contributed by atoms with Crippen molar-refractivity contribution in [3.05, 3.63) is 48.5 Å². The normalized spacial score (nSPS) is 12.2. The van der Waals surface area contributed by atoms with E-state index in [9.17, 15) is 4.79 Å². The highest BCUT2D eigenvalue weighted by Crippen LogP contribution is 2.10. The van der Waals surface area contributed by atoms with Gasteiger partial charge in [-0.05, 0) is 19.1 Å². The van der Waals surface area contributed by atoms with Crippen molar-refractivity contribution in [3.8, 4) is 0 Å². The van der Waals surface area contributed by atoms with Crippen LogP contribution in [0.4, 0.5) is 0 Å². The number of carbonyl (C=O) groups is 1. The van der Waals surface area contributed by atoms with Gasteiger partial charge in [0.25, 0.3) is 5.91 Å². The molecule has 2 heterocycles. The lowest BCUT2D eigenvalue weighted by Gasteiger charge is -2.13. The van der Waals surface area contributed by atoms with E-state index in [2.05, 4.69) is 25.6 Å². The van der Waals surface area contributed by atoms with E-state index in [0.717, 1.165) is 11.0 Å². The van der Waals surface area contributed by atoms with E-state index in [0.29, 0.717) is 12.2 Å². The summed E-state index contributed by atoms with van der Waals surface area (Å²) in [5, 5.41) is 11.1. The van der Waals surface area contributed by atoms with E-state index in [1.165, 1.54) is 18.6 Å². The Morgan fingerprint density at radius 3 is 3.00 bits per heavy atom. The molecule has 21 heavy (non-hydrogen) atoms. The Kier molecular flexibility index (Phi) is 3.55. The molecular weight excluding hydrogens is 268 g/mol. The number of amides is 1. The van der Waals surface area contributed by atoms with Gasteiger partial charge in [-0.3, -0.25) is 9.78 Å². The molecule has 0 unspecified atom stereocenters. The van der Waals surface area contributed by atoms with Gasteiger partial charge in [0.05, 0.1) is 18.3 Å². The molecule has 0 aliphatic heterocycles. The molecule has 0 aliphatic rings. The third-order valence-electron chi connectivity index (χ3n) is 3.04. The summed E-state index contributed by atoms with van der Waals surface area (Å²) < 4.78 is 1.77. The van der Waals surface area contributed by atoms with Crippen LogP contribution in [0.1, 0.15) is 17.4 Å². The van der Waals surface area contributed by atoms with Crippen molar-refractivity contribution in [1.82, 2.24) is 30.3 Å². The lowest BCUT2D eigenvalue weighted by atomic mass is 10.3. The van der Waals surface area contributed by atoms with Crippen LogP contribution in [-0.4, -0.2) is 36.9 Å². The Hall–Kier alpha value is -2.83. The van der Waals surface area contributed by atoms with Gasteiger partial charge in [-0.15, -0.1) is 5.10 Å². The first kappa shape index (κ1) is 13.2. The Morgan fingerprint density at radius 1 is 1.33 bits per heavy atom. The summed E-state index contributed by atoms with van der Waals surface area (Å²) in [6.45, 7) is 2.44. The minimum absolute atomic E-state index is 0.107. The van der Waals surface area contributed by atoms with E-state index in [1.807, 2.05) is 31.2 Å². The van der Waals surface area contributed by atoms with E-state index < -0.39 is 0 Å². The minimum atomic E-state index is -0.250. The number of para-hydroxylation sites is 1. The summed E-state index contributed by atoms with van der Waals surface area (Å²) in [7, 11) is 0. The van der Waals surface area contributed by atoms with Crippen LogP contribution in [0.15, 0.2) is 42.9 Å². The zero-order valence-corrected chi connectivity index (χ0v) is 11.5. The zero-order chi connectivity index (χ0) is 14.7. The van der Waals surface area contributed by atoms with Gasteiger partial charge in [0.1, 0.15) is 11.2 Å². The van der Waals surface area contributed by atoms with Gasteiger partial charge in [-0.1, -0.05) is 17.3 Å². The van der Waals surface area contributed by atoms with Crippen LogP contribution < -0.4 is 5.32 Å². The summed E-state index contributed by atoms with van der Waals surface area (Å²) in [5.74, 6) is -0.250. The van der Waals surface area contributed by atoms with Crippen molar-refractivity contribution in [2.45, 2.75) is 19.5 Å². The molecule has 1 N–H and O–H groups in total. The molecule has 0 spiro atoms. The number of nitrogens with one attached hydrogen (secondary N) is 1. The van der Waals surface area contributed by atoms with Crippen LogP contribution >= 0.6 is 0 Å². The van der Waals surface area contributed by atoms with Gasteiger partial charge in [0.15, 0.2) is 0 Å². The highest BCUT2D eigenvalue weighted by Gasteiger charge is 2.13. The van der Waals surface area contributed by atoms with E-state index in [-0.39, 0.29) is 11.9 Å². The van der Waals surface area contributed by atoms with Gasteiger partial charge in [0, 0.05) is 18.4 Å². The molecule has 1 amide bonds. The number of hydrogen-bond acceptors (Lipinski definition) is 5. The number of carbonyl (C=O) groups excluding carboxylic acids is 1. The van der Waals surface area contributed by atoms with Gasteiger partial charge >= 0.3 is 0 Å². The molecule has 0 bridgehead atoms. The fourth-order valence-electron chi connectivity index (χ4n) is 2.07. The Morgan fingerprint density at radius 2 is 2.19 bits per heavy atom. The highest BCUT2D eigenvalue weighted by atomic mass is 16.1. The average molecular weight is 282 g/mol. The highest BCUT2D eigenvalue weighted by molar-refractivity contribution is 5.92. The maximum absolute atomic E-state index is 12.0. The first-order valence-electron chi connectivity index (χ1n) is 6.59. The molecule has 0 radical (unpaired) electrons. The van der Waals surface area contributed by atoms with E-state index in [1.54, 1.807) is 4.68 Å². The Bertz CT molecular complexity index is 754. The van der Waals surface area contributed by atoms with Crippen molar-refractivity contribution in [2.24, 2.45) is 0 Å². The van der Waals surface area contributed by atoms with Crippen LogP contribution in [0.25, 0.3) is 11.0 Å². The summed E-state index contributed by atoms with van der Waals surface area (Å²) >= 11 is 0. The summed E-state index contributed by atoms with van der Waals surface area (Å²) in [6.07, 6.45) is 4.46. The molecule has 1 aromatic carbocycles.